The van der Waals surface area contributed by atoms with E-state index >= 15 is 0 Å². The Morgan fingerprint density at radius 3 is 2.56 bits per heavy atom. The Hall–Kier alpha value is -2.91. The molecule has 4 heteroatoms. The van der Waals surface area contributed by atoms with E-state index in [1.165, 1.54) is 0 Å². The smallest absolute Gasteiger partial charge is 0.179 e. The lowest BCUT2D eigenvalue weighted by Gasteiger charge is -2.10. The van der Waals surface area contributed by atoms with Crippen LogP contribution in [0, 0.1) is 0 Å². The molecule has 1 heterocycles. The zero-order chi connectivity index (χ0) is 17.2. The van der Waals surface area contributed by atoms with E-state index in [9.17, 15) is 0 Å². The molecule has 0 unspecified atom stereocenters. The van der Waals surface area contributed by atoms with E-state index in [-0.39, 0.29) is 6.00 Å². The average molecular weight is 347 g/mol. The molecular formula is C21H15ClN2O. The van der Waals surface area contributed by atoms with Gasteiger partial charge in [0.15, 0.2) is 5.76 Å². The number of aliphatic imine (C=N–C) groups is 2. The molecule has 0 atom stereocenters. The number of ether oxygens (including phenoxy) is 1. The molecule has 0 saturated carbocycles. The number of nitrogens with zero attached hydrogens (tertiary/aromatic N) is 2. The van der Waals surface area contributed by atoms with Crippen LogP contribution in [0.4, 0.5) is 0 Å². The molecule has 122 valence electrons. The van der Waals surface area contributed by atoms with Crippen LogP contribution in [0.15, 0.2) is 82.5 Å². The van der Waals surface area contributed by atoms with Crippen molar-refractivity contribution in [3.8, 4) is 5.75 Å². The summed E-state index contributed by atoms with van der Waals surface area (Å²) >= 11 is 5.89. The van der Waals surface area contributed by atoms with Crippen molar-refractivity contribution < 1.29 is 4.74 Å². The third-order valence-electron chi connectivity index (χ3n) is 4.21. The van der Waals surface area contributed by atoms with Gasteiger partial charge < -0.3 is 4.74 Å². The SMILES string of the molecule is C=N/C(=C1/Oc2ccccc2/C1=N/CCl)c1cccc2ccccc12. The van der Waals surface area contributed by atoms with Crippen LogP contribution in [0.3, 0.4) is 0 Å². The van der Waals surface area contributed by atoms with Crippen molar-refractivity contribution in [1.29, 1.82) is 0 Å². The normalized spacial score (nSPS) is 16.6. The van der Waals surface area contributed by atoms with Gasteiger partial charge in [-0.05, 0) is 29.6 Å². The number of halogens is 1. The molecule has 0 fully saturated rings. The number of fused-ring (bicyclic) bond motifs is 2. The van der Waals surface area contributed by atoms with E-state index in [4.69, 9.17) is 16.3 Å². The number of alkyl halides is 1. The third-order valence-corrected chi connectivity index (χ3v) is 4.32. The molecule has 3 nitrogen and oxygen atoms in total. The number of allylic oxidation sites excluding steroid dienone is 1. The lowest BCUT2D eigenvalue weighted by atomic mass is 10.00. The highest BCUT2D eigenvalue weighted by molar-refractivity contribution is 6.23. The Labute approximate surface area is 151 Å². The van der Waals surface area contributed by atoms with E-state index in [1.807, 2.05) is 48.5 Å². The lowest BCUT2D eigenvalue weighted by molar-refractivity contribution is 0.470. The summed E-state index contributed by atoms with van der Waals surface area (Å²) in [6.07, 6.45) is 0. The minimum absolute atomic E-state index is 0.149. The Morgan fingerprint density at radius 2 is 1.72 bits per heavy atom. The maximum atomic E-state index is 6.08. The lowest BCUT2D eigenvalue weighted by Crippen LogP contribution is -2.05. The van der Waals surface area contributed by atoms with E-state index in [0.29, 0.717) is 17.2 Å². The van der Waals surface area contributed by atoms with Crippen LogP contribution in [-0.2, 0) is 0 Å². The van der Waals surface area contributed by atoms with Gasteiger partial charge in [-0.1, -0.05) is 54.6 Å². The zero-order valence-electron chi connectivity index (χ0n) is 13.4. The molecular weight excluding hydrogens is 332 g/mol. The van der Waals surface area contributed by atoms with Crippen molar-refractivity contribution in [3.63, 3.8) is 0 Å². The Kier molecular flexibility index (Phi) is 4.08. The maximum Gasteiger partial charge on any atom is 0.179 e. The predicted octanol–water partition coefficient (Wildman–Crippen LogP) is 5.29. The fraction of sp³-hybridized carbons (Fsp3) is 0.0476. The molecule has 1 aliphatic heterocycles. The van der Waals surface area contributed by atoms with Crippen molar-refractivity contribution in [2.75, 3.05) is 6.00 Å². The molecule has 4 rings (SSSR count). The Balaban J connectivity index is 1.99. The molecule has 0 spiro atoms. The Morgan fingerprint density at radius 1 is 0.960 bits per heavy atom. The van der Waals surface area contributed by atoms with Gasteiger partial charge in [0.2, 0.25) is 0 Å². The highest BCUT2D eigenvalue weighted by Gasteiger charge is 2.28. The molecule has 3 aromatic carbocycles. The molecule has 0 aromatic heterocycles. The second kappa shape index (κ2) is 6.54. The molecule has 0 aliphatic carbocycles. The van der Waals surface area contributed by atoms with Gasteiger partial charge in [0.05, 0.1) is 0 Å². The van der Waals surface area contributed by atoms with E-state index < -0.39 is 0 Å². The first kappa shape index (κ1) is 15.6. The summed E-state index contributed by atoms with van der Waals surface area (Å²) in [6, 6.07) is 22.2. The number of hydrogen-bond acceptors (Lipinski definition) is 3. The summed E-state index contributed by atoms with van der Waals surface area (Å²) in [7, 11) is 0. The van der Waals surface area contributed by atoms with E-state index in [0.717, 1.165) is 27.6 Å². The van der Waals surface area contributed by atoms with Gasteiger partial charge in [-0.2, -0.15) is 0 Å². The van der Waals surface area contributed by atoms with Crippen molar-refractivity contribution in [1.82, 2.24) is 0 Å². The van der Waals surface area contributed by atoms with Gasteiger partial charge in [0, 0.05) is 11.1 Å². The van der Waals surface area contributed by atoms with Crippen molar-refractivity contribution in [2.24, 2.45) is 9.98 Å². The molecule has 1 aliphatic rings. The number of hydrogen-bond donors (Lipinski definition) is 0. The van der Waals surface area contributed by atoms with Gasteiger partial charge >= 0.3 is 0 Å². The largest absolute Gasteiger partial charge is 0.452 e. The van der Waals surface area contributed by atoms with Crippen molar-refractivity contribution >= 4 is 40.5 Å². The van der Waals surface area contributed by atoms with E-state index in [2.05, 4.69) is 34.9 Å². The summed E-state index contributed by atoms with van der Waals surface area (Å²) in [6.45, 7) is 3.77. The fourth-order valence-electron chi connectivity index (χ4n) is 3.12. The summed E-state index contributed by atoms with van der Waals surface area (Å²) < 4.78 is 6.08. The molecule has 0 bridgehead atoms. The second-order valence-corrected chi connectivity index (χ2v) is 5.83. The minimum Gasteiger partial charge on any atom is -0.452 e. The van der Waals surface area contributed by atoms with Crippen LogP contribution in [0.1, 0.15) is 11.1 Å². The van der Waals surface area contributed by atoms with Crippen LogP contribution in [0.5, 0.6) is 5.75 Å². The monoisotopic (exact) mass is 346 g/mol. The third kappa shape index (κ3) is 2.63. The first-order valence-corrected chi connectivity index (χ1v) is 8.44. The van der Waals surface area contributed by atoms with E-state index in [1.54, 1.807) is 0 Å². The summed E-state index contributed by atoms with van der Waals surface area (Å²) in [5.41, 5.74) is 3.25. The molecule has 0 saturated heterocycles. The Bertz CT molecular complexity index is 1030. The van der Waals surface area contributed by atoms with Crippen LogP contribution >= 0.6 is 11.6 Å². The minimum atomic E-state index is 0.149. The maximum absolute atomic E-state index is 6.08. The zero-order valence-corrected chi connectivity index (χ0v) is 14.2. The van der Waals surface area contributed by atoms with Gasteiger partial charge in [-0.15, -0.1) is 11.6 Å². The average Bonchev–Trinajstić information content (AvgIpc) is 3.01. The molecule has 0 radical (unpaired) electrons. The first-order valence-electron chi connectivity index (χ1n) is 7.90. The van der Waals surface area contributed by atoms with Crippen molar-refractivity contribution in [2.45, 2.75) is 0 Å². The van der Waals surface area contributed by atoms with Gasteiger partial charge in [-0.25, -0.2) is 0 Å². The molecule has 25 heavy (non-hydrogen) atoms. The number of para-hydroxylation sites is 1. The highest BCUT2D eigenvalue weighted by atomic mass is 35.5. The highest BCUT2D eigenvalue weighted by Crippen LogP contribution is 2.37. The second-order valence-electron chi connectivity index (χ2n) is 5.59. The topological polar surface area (TPSA) is 34.0 Å². The van der Waals surface area contributed by atoms with Gasteiger partial charge in [0.25, 0.3) is 0 Å². The molecule has 3 aromatic rings. The summed E-state index contributed by atoms with van der Waals surface area (Å²) in [5, 5.41) is 2.22. The van der Waals surface area contributed by atoms with Gasteiger partial charge in [-0.3, -0.25) is 9.98 Å². The van der Waals surface area contributed by atoms with Crippen molar-refractivity contribution in [3.05, 3.63) is 83.6 Å². The van der Waals surface area contributed by atoms with Crippen LogP contribution in [0.25, 0.3) is 16.5 Å². The van der Waals surface area contributed by atoms with Crippen LogP contribution in [0.2, 0.25) is 0 Å². The van der Waals surface area contributed by atoms with Gasteiger partial charge in [0.1, 0.15) is 23.2 Å². The predicted molar refractivity (Wildman–Crippen MR) is 105 cm³/mol. The number of benzene rings is 3. The fourth-order valence-corrected chi connectivity index (χ4v) is 3.24. The standard InChI is InChI=1S/C21H15ClN2O/c1-23-19(16-11-6-8-14-7-2-3-9-15(14)16)21-20(24-13-22)17-10-4-5-12-18(17)25-21/h2-12H,1,13H2/b21-19+,24-20-. The summed E-state index contributed by atoms with van der Waals surface area (Å²) in [4.78, 5) is 8.72. The summed E-state index contributed by atoms with van der Waals surface area (Å²) in [5.74, 6) is 1.34. The van der Waals surface area contributed by atoms with Crippen LogP contribution in [-0.4, -0.2) is 18.4 Å². The quantitative estimate of drug-likeness (QED) is 0.360. The molecule has 0 N–H and O–H groups in total. The van der Waals surface area contributed by atoms with Crippen LogP contribution < -0.4 is 4.74 Å². The number of rotatable bonds is 3. The first-order chi connectivity index (χ1) is 12.3. The molecule has 0 amide bonds.